The monoisotopic (exact) mass is 619 g/mol. The van der Waals surface area contributed by atoms with Crippen LogP contribution in [0.4, 0.5) is 11.4 Å². The summed E-state index contributed by atoms with van der Waals surface area (Å²) in [6, 6.07) is 22.8. The zero-order valence-electron chi connectivity index (χ0n) is 26.0. The summed E-state index contributed by atoms with van der Waals surface area (Å²) in [6.07, 6.45) is 1.53. The Morgan fingerprint density at radius 2 is 1.70 bits per heavy atom. The predicted molar refractivity (Wildman–Crippen MR) is 174 cm³/mol. The molecule has 0 bridgehead atoms. The number of aromatic nitrogens is 1. The third-order valence-electron chi connectivity index (χ3n) is 7.55. The minimum Gasteiger partial charge on any atom is -0.489 e. The van der Waals surface area contributed by atoms with Gasteiger partial charge in [0.1, 0.15) is 18.5 Å². The molecule has 0 saturated carbocycles. The molecule has 0 amide bonds. The number of anilines is 2. The second-order valence-electron chi connectivity index (χ2n) is 11.5. The van der Waals surface area contributed by atoms with Crippen molar-refractivity contribution in [1.29, 1.82) is 0 Å². The molecule has 3 aromatic carbocycles. The van der Waals surface area contributed by atoms with Crippen molar-refractivity contribution in [3.8, 4) is 17.0 Å². The molecule has 1 fully saturated rings. The van der Waals surface area contributed by atoms with E-state index < -0.39 is 22.5 Å². The van der Waals surface area contributed by atoms with Crippen LogP contribution in [-0.4, -0.2) is 73.8 Å². The number of fused-ring (bicyclic) bond motifs is 1. The highest BCUT2D eigenvalue weighted by Gasteiger charge is 2.25. The van der Waals surface area contributed by atoms with Gasteiger partial charge in [0.25, 0.3) is 10.1 Å². The van der Waals surface area contributed by atoms with E-state index in [-0.39, 0.29) is 18.1 Å². The summed E-state index contributed by atoms with van der Waals surface area (Å²) in [6.45, 7) is 2.35. The van der Waals surface area contributed by atoms with Crippen molar-refractivity contribution >= 4 is 32.4 Å². The first-order valence-corrected chi connectivity index (χ1v) is 16.3. The van der Waals surface area contributed by atoms with Crippen molar-refractivity contribution in [2.45, 2.75) is 43.5 Å². The zero-order chi connectivity index (χ0) is 31.3. The molecule has 1 aromatic heterocycles. The number of hydrogen-bond donors (Lipinski definition) is 0. The molecule has 2 heterocycles. The van der Waals surface area contributed by atoms with E-state index in [4.69, 9.17) is 23.4 Å². The van der Waals surface area contributed by atoms with E-state index in [1.54, 1.807) is 12.1 Å². The summed E-state index contributed by atoms with van der Waals surface area (Å²) in [5.74, 6) is 0.622. The molecule has 2 unspecified atom stereocenters. The lowest BCUT2D eigenvalue weighted by Crippen LogP contribution is -2.35. The number of benzene rings is 3. The van der Waals surface area contributed by atoms with Crippen LogP contribution in [0.2, 0.25) is 0 Å². The van der Waals surface area contributed by atoms with Crippen LogP contribution in [0.1, 0.15) is 24.8 Å². The van der Waals surface area contributed by atoms with E-state index in [0.29, 0.717) is 12.4 Å². The average molecular weight is 620 g/mol. The van der Waals surface area contributed by atoms with Gasteiger partial charge in [0.05, 0.1) is 28.4 Å². The zero-order valence-corrected chi connectivity index (χ0v) is 26.8. The third-order valence-corrected chi connectivity index (χ3v) is 8.85. The van der Waals surface area contributed by atoms with Gasteiger partial charge in [0, 0.05) is 51.4 Å². The smallest absolute Gasteiger partial charge is 0.297 e. The molecule has 2 atom stereocenters. The van der Waals surface area contributed by atoms with Gasteiger partial charge in [-0.2, -0.15) is 8.42 Å². The highest BCUT2D eigenvalue weighted by molar-refractivity contribution is 7.86. The number of hydrogen-bond acceptors (Lipinski definition) is 9. The fraction of sp³-hybridized carbons (Fsp3) is 0.382. The van der Waals surface area contributed by atoms with Gasteiger partial charge in [-0.1, -0.05) is 29.8 Å². The van der Waals surface area contributed by atoms with E-state index in [1.807, 2.05) is 70.3 Å². The summed E-state index contributed by atoms with van der Waals surface area (Å²) in [5.41, 5.74) is 5.57. The molecule has 9 nitrogen and oxygen atoms in total. The molecule has 4 aromatic rings. The van der Waals surface area contributed by atoms with Crippen molar-refractivity contribution in [2.24, 2.45) is 0 Å². The molecule has 1 aliphatic heterocycles. The van der Waals surface area contributed by atoms with Crippen LogP contribution >= 0.6 is 0 Å². The molecule has 5 rings (SSSR count). The van der Waals surface area contributed by atoms with Gasteiger partial charge in [-0.3, -0.25) is 4.18 Å². The summed E-state index contributed by atoms with van der Waals surface area (Å²) < 4.78 is 49.7. The maximum atomic E-state index is 12.9. The molecular formula is C34H41N3O6S. The van der Waals surface area contributed by atoms with Crippen LogP contribution in [0, 0.1) is 6.92 Å². The summed E-state index contributed by atoms with van der Waals surface area (Å²) in [7, 11) is 3.94. The minimum atomic E-state index is -3.98. The topological polar surface area (TPSA) is 90.4 Å². The van der Waals surface area contributed by atoms with Crippen LogP contribution in [0.15, 0.2) is 77.7 Å². The summed E-state index contributed by atoms with van der Waals surface area (Å²) >= 11 is 0. The Hall–Kier alpha value is -3.70. The molecule has 0 spiro atoms. The lowest BCUT2D eigenvalue weighted by Gasteiger charge is -2.28. The third kappa shape index (κ3) is 7.87. The lowest BCUT2D eigenvalue weighted by atomic mass is 10.1. The Bertz CT molecular complexity index is 1670. The Kier molecular flexibility index (Phi) is 10.1. The Labute approximate surface area is 260 Å². The maximum Gasteiger partial charge on any atom is 0.297 e. The second-order valence-corrected chi connectivity index (χ2v) is 13.1. The normalized spacial score (nSPS) is 16.1. The first kappa shape index (κ1) is 31.7. The average Bonchev–Trinajstić information content (AvgIpc) is 3.02. The Balaban J connectivity index is 1.36. The standard InChI is InChI=1S/C34H41N3O6S/c1-24-9-14-29(15-10-24)44(38,39)42-23-28(43-34-8-6-7-19-40-34)22-41-33-21-26(12-18-32(33)37(4)5)30-16-11-25-20-27(36(2)3)13-17-31(25)35-30/h9-18,20-21,28,34H,6-8,19,22-23H2,1-5H3. The van der Waals surface area contributed by atoms with Crippen LogP contribution in [0.3, 0.4) is 0 Å². The van der Waals surface area contributed by atoms with E-state index in [9.17, 15) is 8.42 Å². The first-order chi connectivity index (χ1) is 21.1. The molecule has 0 radical (unpaired) electrons. The molecule has 10 heteroatoms. The largest absolute Gasteiger partial charge is 0.489 e. The Morgan fingerprint density at radius 3 is 2.41 bits per heavy atom. The fourth-order valence-corrected chi connectivity index (χ4v) is 5.93. The van der Waals surface area contributed by atoms with Crippen molar-refractivity contribution in [1.82, 2.24) is 4.98 Å². The minimum absolute atomic E-state index is 0.0615. The van der Waals surface area contributed by atoms with Crippen molar-refractivity contribution in [2.75, 3.05) is 57.8 Å². The predicted octanol–water partition coefficient (Wildman–Crippen LogP) is 6.04. The van der Waals surface area contributed by atoms with E-state index in [1.165, 1.54) is 12.1 Å². The van der Waals surface area contributed by atoms with Crippen molar-refractivity contribution in [3.63, 3.8) is 0 Å². The highest BCUT2D eigenvalue weighted by atomic mass is 32.2. The Morgan fingerprint density at radius 1 is 0.909 bits per heavy atom. The van der Waals surface area contributed by atoms with Gasteiger partial charge in [0.2, 0.25) is 0 Å². The number of ether oxygens (including phenoxy) is 3. The van der Waals surface area contributed by atoms with Gasteiger partial charge >= 0.3 is 0 Å². The fourth-order valence-electron chi connectivity index (χ4n) is 4.99. The van der Waals surface area contributed by atoms with Gasteiger partial charge in [-0.05, 0) is 74.7 Å². The van der Waals surface area contributed by atoms with Gasteiger partial charge in [0.15, 0.2) is 6.29 Å². The molecule has 234 valence electrons. The van der Waals surface area contributed by atoms with Gasteiger partial charge in [-0.15, -0.1) is 0 Å². The van der Waals surface area contributed by atoms with Crippen LogP contribution in [0.5, 0.6) is 5.75 Å². The van der Waals surface area contributed by atoms with Crippen LogP contribution < -0.4 is 14.5 Å². The van der Waals surface area contributed by atoms with Crippen LogP contribution in [-0.2, 0) is 23.8 Å². The quantitative estimate of drug-likeness (QED) is 0.176. The molecule has 0 N–H and O–H groups in total. The second kappa shape index (κ2) is 13.9. The number of rotatable bonds is 12. The summed E-state index contributed by atoms with van der Waals surface area (Å²) in [5, 5.41) is 1.06. The summed E-state index contributed by atoms with van der Waals surface area (Å²) in [4.78, 5) is 9.04. The molecule has 1 saturated heterocycles. The number of pyridine rings is 1. The lowest BCUT2D eigenvalue weighted by molar-refractivity contribution is -0.198. The first-order valence-electron chi connectivity index (χ1n) is 14.8. The van der Waals surface area contributed by atoms with E-state index >= 15 is 0 Å². The SMILES string of the molecule is Cc1ccc(S(=O)(=O)OCC(COc2cc(-c3ccc4cc(N(C)C)ccc4n3)ccc2N(C)C)OC2CCCCO2)cc1. The van der Waals surface area contributed by atoms with Gasteiger partial charge < -0.3 is 24.0 Å². The highest BCUT2D eigenvalue weighted by Crippen LogP contribution is 2.33. The molecular weight excluding hydrogens is 578 g/mol. The maximum absolute atomic E-state index is 12.9. The van der Waals surface area contributed by atoms with Gasteiger partial charge in [-0.25, -0.2) is 4.98 Å². The number of nitrogens with zero attached hydrogens (tertiary/aromatic N) is 3. The van der Waals surface area contributed by atoms with E-state index in [2.05, 4.69) is 23.1 Å². The van der Waals surface area contributed by atoms with Crippen molar-refractivity contribution in [3.05, 3.63) is 78.4 Å². The van der Waals surface area contributed by atoms with Crippen molar-refractivity contribution < 1.29 is 26.8 Å². The van der Waals surface area contributed by atoms with Crippen LogP contribution in [0.25, 0.3) is 22.2 Å². The molecule has 44 heavy (non-hydrogen) atoms. The van der Waals surface area contributed by atoms with E-state index in [0.717, 1.165) is 58.4 Å². The molecule has 0 aliphatic carbocycles. The number of aryl methyl sites for hydroxylation is 1. The molecule has 1 aliphatic rings.